The van der Waals surface area contributed by atoms with Gasteiger partial charge in [-0.05, 0) is 42.3 Å². The number of aryl methyl sites for hydroxylation is 1. The summed E-state index contributed by atoms with van der Waals surface area (Å²) in [5, 5.41) is 7.85. The van der Waals surface area contributed by atoms with Crippen LogP contribution >= 0.6 is 0 Å². The molecule has 4 aromatic rings. The van der Waals surface area contributed by atoms with Crippen molar-refractivity contribution in [1.29, 1.82) is 0 Å². The van der Waals surface area contributed by atoms with Gasteiger partial charge in [-0.15, -0.1) is 0 Å². The third-order valence-corrected chi connectivity index (χ3v) is 3.96. The van der Waals surface area contributed by atoms with Gasteiger partial charge in [0.05, 0.1) is 17.1 Å². The molecule has 0 saturated heterocycles. The van der Waals surface area contributed by atoms with Crippen LogP contribution in [0.3, 0.4) is 0 Å². The van der Waals surface area contributed by atoms with Crippen molar-refractivity contribution in [3.8, 4) is 22.6 Å². The molecule has 4 rings (SSSR count). The van der Waals surface area contributed by atoms with E-state index in [9.17, 15) is 0 Å². The Bertz CT molecular complexity index is 1010. The van der Waals surface area contributed by atoms with E-state index in [-0.39, 0.29) is 0 Å². The summed E-state index contributed by atoms with van der Waals surface area (Å²) >= 11 is 0. The highest BCUT2D eigenvalue weighted by Crippen LogP contribution is 2.34. The lowest BCUT2D eigenvalue weighted by molar-refractivity contribution is 0.479. The van der Waals surface area contributed by atoms with Crippen molar-refractivity contribution < 1.29 is 4.74 Å². The number of pyridine rings is 1. The molecule has 0 spiro atoms. The lowest BCUT2D eigenvalue weighted by Gasteiger charge is -2.11. The molecular formula is C19H16N4O. The zero-order valence-corrected chi connectivity index (χ0v) is 13.2. The molecule has 0 unspecified atom stereocenters. The summed E-state index contributed by atoms with van der Waals surface area (Å²) in [7, 11) is 0. The molecule has 0 fully saturated rings. The summed E-state index contributed by atoms with van der Waals surface area (Å²) in [5.41, 5.74) is 9.83. The first-order chi connectivity index (χ1) is 11.7. The first kappa shape index (κ1) is 14.3. The lowest BCUT2D eigenvalue weighted by atomic mass is 10.0. The molecule has 0 radical (unpaired) electrons. The van der Waals surface area contributed by atoms with E-state index in [1.165, 1.54) is 0 Å². The molecule has 5 nitrogen and oxygen atoms in total. The molecule has 0 amide bonds. The Morgan fingerprint density at radius 3 is 2.67 bits per heavy atom. The standard InChI is InChI=1S/C19H16N4O/c1-12-9-13(7-8-17(12)24-14-5-3-2-4-6-14)15-10-21-11-16-18(15)19(20)23-22-16/h2-11H,1H3,(H3,20,22,23). The van der Waals surface area contributed by atoms with Crippen LogP contribution in [0.15, 0.2) is 60.9 Å². The Morgan fingerprint density at radius 2 is 1.88 bits per heavy atom. The summed E-state index contributed by atoms with van der Waals surface area (Å²) in [4.78, 5) is 4.26. The highest BCUT2D eigenvalue weighted by atomic mass is 16.5. The first-order valence-electron chi connectivity index (χ1n) is 7.64. The molecule has 0 aliphatic heterocycles. The average Bonchev–Trinajstić information content (AvgIpc) is 2.99. The van der Waals surface area contributed by atoms with Crippen molar-refractivity contribution in [2.24, 2.45) is 0 Å². The molecule has 3 N–H and O–H groups in total. The molecule has 24 heavy (non-hydrogen) atoms. The predicted molar refractivity (Wildman–Crippen MR) is 95.0 cm³/mol. The molecule has 0 saturated carbocycles. The van der Waals surface area contributed by atoms with Gasteiger partial charge in [0.1, 0.15) is 11.5 Å². The van der Waals surface area contributed by atoms with Crippen molar-refractivity contribution in [3.05, 3.63) is 66.5 Å². The van der Waals surface area contributed by atoms with Gasteiger partial charge in [-0.1, -0.05) is 24.3 Å². The lowest BCUT2D eigenvalue weighted by Crippen LogP contribution is -1.90. The second kappa shape index (κ2) is 5.70. The average molecular weight is 316 g/mol. The normalized spacial score (nSPS) is 10.9. The Kier molecular flexibility index (Phi) is 3.39. The highest BCUT2D eigenvalue weighted by molar-refractivity contribution is 6.00. The topological polar surface area (TPSA) is 76.8 Å². The zero-order valence-electron chi connectivity index (χ0n) is 13.2. The number of para-hydroxylation sites is 1. The number of nitrogens with two attached hydrogens (primary N) is 1. The minimum atomic E-state index is 0.477. The Labute approximate surface area is 139 Å². The minimum Gasteiger partial charge on any atom is -0.457 e. The zero-order chi connectivity index (χ0) is 16.5. The van der Waals surface area contributed by atoms with Crippen LogP contribution < -0.4 is 10.5 Å². The van der Waals surface area contributed by atoms with Crippen molar-refractivity contribution in [2.75, 3.05) is 5.73 Å². The molecule has 0 bridgehead atoms. The SMILES string of the molecule is Cc1cc(-c2cncc3[nH]nc(N)c23)ccc1Oc1ccccc1. The molecule has 2 heterocycles. The van der Waals surface area contributed by atoms with Gasteiger partial charge < -0.3 is 10.5 Å². The van der Waals surface area contributed by atoms with Crippen molar-refractivity contribution in [3.63, 3.8) is 0 Å². The Morgan fingerprint density at radius 1 is 1.04 bits per heavy atom. The van der Waals surface area contributed by atoms with E-state index in [1.807, 2.05) is 49.4 Å². The van der Waals surface area contributed by atoms with Crippen LogP contribution in [-0.4, -0.2) is 15.2 Å². The molecule has 0 aliphatic carbocycles. The highest BCUT2D eigenvalue weighted by Gasteiger charge is 2.12. The number of hydrogen-bond acceptors (Lipinski definition) is 4. The summed E-state index contributed by atoms with van der Waals surface area (Å²) < 4.78 is 5.94. The van der Waals surface area contributed by atoms with Crippen molar-refractivity contribution >= 4 is 16.7 Å². The summed E-state index contributed by atoms with van der Waals surface area (Å²) in [6.07, 6.45) is 3.53. The van der Waals surface area contributed by atoms with Crippen LogP contribution in [0.1, 0.15) is 5.56 Å². The maximum Gasteiger partial charge on any atom is 0.153 e. The third kappa shape index (κ3) is 2.46. The largest absolute Gasteiger partial charge is 0.457 e. The van der Waals surface area contributed by atoms with E-state index >= 15 is 0 Å². The van der Waals surface area contributed by atoms with Crippen LogP contribution in [0, 0.1) is 6.92 Å². The Balaban J connectivity index is 1.75. The summed E-state index contributed by atoms with van der Waals surface area (Å²) in [5.74, 6) is 2.12. The van der Waals surface area contributed by atoms with E-state index in [4.69, 9.17) is 10.5 Å². The minimum absolute atomic E-state index is 0.477. The fourth-order valence-corrected chi connectivity index (χ4v) is 2.76. The van der Waals surface area contributed by atoms with Crippen LogP contribution in [0.4, 0.5) is 5.82 Å². The fraction of sp³-hybridized carbons (Fsp3) is 0.0526. The van der Waals surface area contributed by atoms with Crippen LogP contribution in [-0.2, 0) is 0 Å². The number of fused-ring (bicyclic) bond motifs is 1. The second-order valence-electron chi connectivity index (χ2n) is 5.61. The van der Waals surface area contributed by atoms with Gasteiger partial charge in [-0.3, -0.25) is 10.1 Å². The van der Waals surface area contributed by atoms with Crippen LogP contribution in [0.5, 0.6) is 11.5 Å². The summed E-state index contributed by atoms with van der Waals surface area (Å²) in [6.45, 7) is 2.02. The summed E-state index contributed by atoms with van der Waals surface area (Å²) in [6, 6.07) is 15.8. The van der Waals surface area contributed by atoms with E-state index < -0.39 is 0 Å². The maximum atomic E-state index is 5.99. The molecule has 2 aromatic carbocycles. The number of ether oxygens (including phenoxy) is 1. The predicted octanol–water partition coefficient (Wildman–Crippen LogP) is 4.31. The molecule has 5 heteroatoms. The molecular weight excluding hydrogens is 300 g/mol. The molecule has 118 valence electrons. The van der Waals surface area contributed by atoms with Gasteiger partial charge in [0.15, 0.2) is 5.82 Å². The number of hydrogen-bond donors (Lipinski definition) is 2. The number of nitrogens with one attached hydrogen (secondary N) is 1. The number of anilines is 1. The van der Waals surface area contributed by atoms with Gasteiger partial charge in [0.25, 0.3) is 0 Å². The van der Waals surface area contributed by atoms with Gasteiger partial charge >= 0.3 is 0 Å². The van der Waals surface area contributed by atoms with E-state index in [0.717, 1.165) is 39.1 Å². The third-order valence-electron chi connectivity index (χ3n) is 3.96. The van der Waals surface area contributed by atoms with E-state index in [0.29, 0.717) is 5.82 Å². The van der Waals surface area contributed by atoms with Crippen LogP contribution in [0.2, 0.25) is 0 Å². The quantitative estimate of drug-likeness (QED) is 0.590. The van der Waals surface area contributed by atoms with Gasteiger partial charge in [-0.25, -0.2) is 0 Å². The van der Waals surface area contributed by atoms with Crippen LogP contribution in [0.25, 0.3) is 22.0 Å². The smallest absolute Gasteiger partial charge is 0.153 e. The fourth-order valence-electron chi connectivity index (χ4n) is 2.76. The second-order valence-corrected chi connectivity index (χ2v) is 5.61. The monoisotopic (exact) mass is 316 g/mol. The number of benzene rings is 2. The molecule has 2 aromatic heterocycles. The number of nitrogens with zero attached hydrogens (tertiary/aromatic N) is 2. The number of aromatic nitrogens is 3. The maximum absolute atomic E-state index is 5.99. The molecule has 0 atom stereocenters. The number of rotatable bonds is 3. The number of aromatic amines is 1. The molecule has 0 aliphatic rings. The first-order valence-corrected chi connectivity index (χ1v) is 7.64. The van der Waals surface area contributed by atoms with Gasteiger partial charge in [0.2, 0.25) is 0 Å². The van der Waals surface area contributed by atoms with E-state index in [1.54, 1.807) is 12.4 Å². The van der Waals surface area contributed by atoms with E-state index in [2.05, 4.69) is 21.2 Å². The van der Waals surface area contributed by atoms with Crippen molar-refractivity contribution in [1.82, 2.24) is 15.2 Å². The van der Waals surface area contributed by atoms with Crippen molar-refractivity contribution in [2.45, 2.75) is 6.92 Å². The number of nitrogen functional groups attached to an aromatic ring is 1. The number of H-pyrrole nitrogens is 1. The Hall–Kier alpha value is -3.34. The van der Waals surface area contributed by atoms with Gasteiger partial charge in [0, 0.05) is 11.8 Å². The van der Waals surface area contributed by atoms with Gasteiger partial charge in [-0.2, -0.15) is 5.10 Å².